The van der Waals surface area contributed by atoms with E-state index < -0.39 is 6.04 Å². The molecular weight excluding hydrogens is 214 g/mol. The molecule has 3 heteroatoms. The molecule has 88 valence electrons. The minimum atomic E-state index is -0.478. The molecule has 0 spiro atoms. The average molecular weight is 229 g/mol. The third kappa shape index (κ3) is 2.70. The van der Waals surface area contributed by atoms with Crippen LogP contribution in [0.4, 0.5) is 0 Å². The summed E-state index contributed by atoms with van der Waals surface area (Å²) in [6.45, 7) is -0.167. The number of Topliss-reactive ketones (excluding diaryl/α,β-unsaturated/α-hetero) is 1. The van der Waals surface area contributed by atoms with Crippen molar-refractivity contribution in [3.8, 4) is 0 Å². The van der Waals surface area contributed by atoms with Crippen molar-refractivity contribution in [3.63, 3.8) is 0 Å². The van der Waals surface area contributed by atoms with Crippen LogP contribution in [0, 0.1) is 0 Å². The van der Waals surface area contributed by atoms with Crippen molar-refractivity contribution in [1.82, 2.24) is 0 Å². The fourth-order valence-electron chi connectivity index (χ4n) is 1.78. The monoisotopic (exact) mass is 229 g/mol. The predicted molar refractivity (Wildman–Crippen MR) is 68.0 cm³/mol. The largest absolute Gasteiger partial charge is 0.395 e. The Bertz CT molecular complexity index is 536. The molecule has 1 unspecified atom stereocenters. The van der Waals surface area contributed by atoms with E-state index in [2.05, 4.69) is 0 Å². The second-order valence-electron chi connectivity index (χ2n) is 4.13. The molecule has 3 nitrogen and oxygen atoms in total. The number of benzene rings is 2. The van der Waals surface area contributed by atoms with Crippen LogP contribution in [0.3, 0.4) is 0 Å². The second-order valence-corrected chi connectivity index (χ2v) is 4.13. The van der Waals surface area contributed by atoms with Gasteiger partial charge in [0.15, 0.2) is 5.78 Å². The number of carbonyl (C=O) groups is 1. The molecule has 0 aromatic heterocycles. The Morgan fingerprint density at radius 3 is 2.59 bits per heavy atom. The molecule has 0 fully saturated rings. The van der Waals surface area contributed by atoms with Crippen LogP contribution < -0.4 is 5.73 Å². The van der Waals surface area contributed by atoms with Crippen molar-refractivity contribution >= 4 is 16.6 Å². The molecule has 17 heavy (non-hydrogen) atoms. The van der Waals surface area contributed by atoms with E-state index in [0.29, 0.717) is 5.56 Å². The van der Waals surface area contributed by atoms with Gasteiger partial charge < -0.3 is 10.8 Å². The maximum absolute atomic E-state index is 11.9. The standard InChI is InChI=1S/C14H15NO2/c15-13(9-16)8-14(17)12-6-5-10-3-1-2-4-11(10)7-12/h1-7,13,16H,8-9,15H2. The number of rotatable bonds is 4. The lowest BCUT2D eigenvalue weighted by molar-refractivity contribution is 0.0962. The Morgan fingerprint density at radius 2 is 1.88 bits per heavy atom. The zero-order valence-corrected chi connectivity index (χ0v) is 9.47. The minimum absolute atomic E-state index is 0.0303. The van der Waals surface area contributed by atoms with E-state index in [1.807, 2.05) is 36.4 Å². The van der Waals surface area contributed by atoms with Crippen molar-refractivity contribution in [2.45, 2.75) is 12.5 Å². The molecule has 0 aliphatic rings. The fourth-order valence-corrected chi connectivity index (χ4v) is 1.78. The van der Waals surface area contributed by atoms with Crippen LogP contribution in [-0.2, 0) is 0 Å². The molecule has 0 saturated carbocycles. The van der Waals surface area contributed by atoms with Gasteiger partial charge in [-0.2, -0.15) is 0 Å². The highest BCUT2D eigenvalue weighted by molar-refractivity contribution is 6.00. The van der Waals surface area contributed by atoms with Gasteiger partial charge in [-0.25, -0.2) is 0 Å². The normalized spacial score (nSPS) is 12.6. The fraction of sp³-hybridized carbons (Fsp3) is 0.214. The average Bonchev–Trinajstić information content (AvgIpc) is 2.38. The summed E-state index contributed by atoms with van der Waals surface area (Å²) in [6, 6.07) is 13.0. The number of hydrogen-bond donors (Lipinski definition) is 2. The molecule has 0 aliphatic carbocycles. The number of fused-ring (bicyclic) bond motifs is 1. The SMILES string of the molecule is NC(CO)CC(=O)c1ccc2ccccc2c1. The van der Waals surface area contributed by atoms with Gasteiger partial charge >= 0.3 is 0 Å². The summed E-state index contributed by atoms with van der Waals surface area (Å²) in [4.78, 5) is 11.9. The lowest BCUT2D eigenvalue weighted by Gasteiger charge is -2.07. The Balaban J connectivity index is 2.27. The zero-order valence-electron chi connectivity index (χ0n) is 9.47. The molecule has 0 radical (unpaired) electrons. The lowest BCUT2D eigenvalue weighted by Crippen LogP contribution is -2.27. The van der Waals surface area contributed by atoms with Gasteiger partial charge in [0.05, 0.1) is 6.61 Å². The molecule has 0 aliphatic heterocycles. The van der Waals surface area contributed by atoms with Crippen molar-refractivity contribution < 1.29 is 9.90 Å². The van der Waals surface area contributed by atoms with Gasteiger partial charge in [0, 0.05) is 18.0 Å². The van der Waals surface area contributed by atoms with Gasteiger partial charge in [-0.05, 0) is 16.8 Å². The molecule has 0 amide bonds. The highest BCUT2D eigenvalue weighted by atomic mass is 16.3. The van der Waals surface area contributed by atoms with Gasteiger partial charge in [-0.1, -0.05) is 36.4 Å². The summed E-state index contributed by atoms with van der Waals surface area (Å²) in [7, 11) is 0. The first-order valence-electron chi connectivity index (χ1n) is 5.59. The van der Waals surface area contributed by atoms with Crippen LogP contribution in [0.15, 0.2) is 42.5 Å². The molecule has 2 aromatic rings. The van der Waals surface area contributed by atoms with E-state index in [4.69, 9.17) is 10.8 Å². The molecule has 1 atom stereocenters. The summed E-state index contributed by atoms with van der Waals surface area (Å²) < 4.78 is 0. The lowest BCUT2D eigenvalue weighted by atomic mass is 10.0. The highest BCUT2D eigenvalue weighted by Gasteiger charge is 2.11. The molecule has 0 heterocycles. The van der Waals surface area contributed by atoms with E-state index in [9.17, 15) is 4.79 Å². The molecule has 2 rings (SSSR count). The van der Waals surface area contributed by atoms with Crippen LogP contribution in [0.1, 0.15) is 16.8 Å². The van der Waals surface area contributed by atoms with Crippen LogP contribution in [0.2, 0.25) is 0 Å². The number of hydrogen-bond acceptors (Lipinski definition) is 3. The zero-order chi connectivity index (χ0) is 12.3. The van der Waals surface area contributed by atoms with E-state index in [0.717, 1.165) is 10.8 Å². The first kappa shape index (κ1) is 11.8. The quantitative estimate of drug-likeness (QED) is 0.785. The summed E-state index contributed by atoms with van der Waals surface area (Å²) in [5.41, 5.74) is 6.20. The van der Waals surface area contributed by atoms with E-state index in [1.165, 1.54) is 0 Å². The van der Waals surface area contributed by atoms with Gasteiger partial charge in [-0.15, -0.1) is 0 Å². The van der Waals surface area contributed by atoms with Gasteiger partial charge in [0.2, 0.25) is 0 Å². The Kier molecular flexibility index (Phi) is 3.52. The molecule has 3 N–H and O–H groups in total. The molecule has 0 bridgehead atoms. The van der Waals surface area contributed by atoms with Gasteiger partial charge in [0.1, 0.15) is 0 Å². The topological polar surface area (TPSA) is 63.3 Å². The van der Waals surface area contributed by atoms with Crippen molar-refractivity contribution in [2.75, 3.05) is 6.61 Å². The van der Waals surface area contributed by atoms with Gasteiger partial charge in [0.25, 0.3) is 0 Å². The number of nitrogens with two attached hydrogens (primary N) is 1. The summed E-state index contributed by atoms with van der Waals surface area (Å²) >= 11 is 0. The summed E-state index contributed by atoms with van der Waals surface area (Å²) in [6.07, 6.45) is 0.175. The number of carbonyl (C=O) groups excluding carboxylic acids is 1. The van der Waals surface area contributed by atoms with Crippen molar-refractivity contribution in [3.05, 3.63) is 48.0 Å². The van der Waals surface area contributed by atoms with E-state index in [-0.39, 0.29) is 18.8 Å². The Morgan fingerprint density at radius 1 is 1.18 bits per heavy atom. The number of aliphatic hydroxyl groups is 1. The summed E-state index contributed by atoms with van der Waals surface area (Å²) in [5, 5.41) is 11.0. The third-order valence-electron chi connectivity index (χ3n) is 2.75. The van der Waals surface area contributed by atoms with Crippen molar-refractivity contribution in [2.24, 2.45) is 5.73 Å². The molecule has 0 saturated heterocycles. The third-order valence-corrected chi connectivity index (χ3v) is 2.75. The molecular formula is C14H15NO2. The Labute approximate surface area is 99.9 Å². The Hall–Kier alpha value is -1.71. The van der Waals surface area contributed by atoms with Crippen LogP contribution in [0.5, 0.6) is 0 Å². The first-order chi connectivity index (χ1) is 8.20. The van der Waals surface area contributed by atoms with Crippen LogP contribution in [0.25, 0.3) is 10.8 Å². The maximum atomic E-state index is 11.9. The van der Waals surface area contributed by atoms with Crippen molar-refractivity contribution in [1.29, 1.82) is 0 Å². The second kappa shape index (κ2) is 5.08. The van der Waals surface area contributed by atoms with Crippen LogP contribution in [-0.4, -0.2) is 23.5 Å². The first-order valence-corrected chi connectivity index (χ1v) is 5.59. The van der Waals surface area contributed by atoms with Gasteiger partial charge in [-0.3, -0.25) is 4.79 Å². The molecule has 2 aromatic carbocycles. The van der Waals surface area contributed by atoms with Crippen LogP contribution >= 0.6 is 0 Å². The maximum Gasteiger partial charge on any atom is 0.164 e. The number of aliphatic hydroxyl groups excluding tert-OH is 1. The number of ketones is 1. The minimum Gasteiger partial charge on any atom is -0.395 e. The summed E-state index contributed by atoms with van der Waals surface area (Å²) in [5.74, 6) is -0.0303. The smallest absolute Gasteiger partial charge is 0.164 e. The van der Waals surface area contributed by atoms with E-state index >= 15 is 0 Å². The predicted octanol–water partition coefficient (Wildman–Crippen LogP) is 1.73. The van der Waals surface area contributed by atoms with E-state index in [1.54, 1.807) is 6.07 Å². The highest BCUT2D eigenvalue weighted by Crippen LogP contribution is 2.16.